The standard InChI is InChI=1S/C26H25N3O.HI/c1-26(2)18-10-6-8-12-23(18)29(3)25(26)14-13-20-24(30-4)16-22(28-20)21-15-17-9-5-7-11-19(17)27-21;/h5-16H,1-4H3,(H,27,28);1H. The molecule has 1 aliphatic rings. The summed E-state index contributed by atoms with van der Waals surface area (Å²) in [6.07, 6.45) is 4.31. The van der Waals surface area contributed by atoms with E-state index >= 15 is 0 Å². The number of fused-ring (bicyclic) bond motifs is 2. The summed E-state index contributed by atoms with van der Waals surface area (Å²) >= 11 is 0. The van der Waals surface area contributed by atoms with Crippen LogP contribution in [-0.2, 0) is 5.41 Å². The smallest absolute Gasteiger partial charge is 0.209 e. The summed E-state index contributed by atoms with van der Waals surface area (Å²) in [5.74, 6) is 0.830. The first kappa shape index (κ1) is 21.4. The van der Waals surface area contributed by atoms with Gasteiger partial charge in [-0.05, 0) is 32.1 Å². The number of rotatable bonds is 4. The van der Waals surface area contributed by atoms with Crippen LogP contribution in [0.3, 0.4) is 0 Å². The molecule has 0 spiro atoms. The van der Waals surface area contributed by atoms with E-state index in [9.17, 15) is 0 Å². The highest BCUT2D eigenvalue weighted by Crippen LogP contribution is 2.39. The second kappa shape index (κ2) is 8.04. The molecule has 0 fully saturated rings. The van der Waals surface area contributed by atoms with Gasteiger partial charge in [0.05, 0.1) is 29.6 Å². The Morgan fingerprint density at radius 2 is 1.61 bits per heavy atom. The van der Waals surface area contributed by atoms with Crippen molar-refractivity contribution >= 4 is 28.4 Å². The number of para-hydroxylation sites is 2. The predicted molar refractivity (Wildman–Crippen MR) is 124 cm³/mol. The van der Waals surface area contributed by atoms with Gasteiger partial charge in [-0.3, -0.25) is 0 Å². The summed E-state index contributed by atoms with van der Waals surface area (Å²) in [5, 5.41) is 1.20. The number of aromatic amines is 2. The number of aromatic nitrogens is 2. The van der Waals surface area contributed by atoms with Crippen LogP contribution in [0.25, 0.3) is 28.4 Å². The third kappa shape index (κ3) is 3.51. The van der Waals surface area contributed by atoms with E-state index in [0.717, 1.165) is 28.3 Å². The molecular formula is C26H26IN3O. The van der Waals surface area contributed by atoms with Crippen molar-refractivity contribution in [3.63, 3.8) is 0 Å². The Balaban J connectivity index is 0.00000231. The normalized spacial score (nSPS) is 14.8. The van der Waals surface area contributed by atoms with E-state index in [4.69, 9.17) is 4.74 Å². The first-order chi connectivity index (χ1) is 14.5. The number of hydrogen-bond acceptors (Lipinski definition) is 1. The monoisotopic (exact) mass is 523 g/mol. The van der Waals surface area contributed by atoms with Crippen LogP contribution in [0.4, 0.5) is 5.69 Å². The van der Waals surface area contributed by atoms with Crippen molar-refractivity contribution in [3.05, 3.63) is 78.0 Å². The molecule has 0 atom stereocenters. The van der Waals surface area contributed by atoms with Gasteiger partial charge in [-0.2, -0.15) is 4.58 Å². The Kier molecular flexibility index (Phi) is 5.56. The number of nitrogens with zero attached hydrogens (tertiary/aromatic N) is 1. The lowest BCUT2D eigenvalue weighted by Crippen LogP contribution is -3.00. The minimum absolute atomic E-state index is 0. The second-order valence-corrected chi connectivity index (χ2v) is 8.36. The summed E-state index contributed by atoms with van der Waals surface area (Å²) in [6, 6.07) is 21.1. The Hall–Kier alpha value is -2.80. The molecule has 2 aromatic carbocycles. The van der Waals surface area contributed by atoms with Crippen molar-refractivity contribution in [2.45, 2.75) is 19.3 Å². The number of halogens is 1. The van der Waals surface area contributed by atoms with E-state index in [1.807, 2.05) is 12.1 Å². The summed E-state index contributed by atoms with van der Waals surface area (Å²) in [7, 11) is 3.85. The molecule has 2 aromatic heterocycles. The molecule has 5 heteroatoms. The summed E-state index contributed by atoms with van der Waals surface area (Å²) in [5.41, 5.74) is 7.96. The maximum absolute atomic E-state index is 5.66. The Labute approximate surface area is 199 Å². The van der Waals surface area contributed by atoms with Gasteiger partial charge in [-0.15, -0.1) is 0 Å². The van der Waals surface area contributed by atoms with Crippen molar-refractivity contribution < 1.29 is 33.3 Å². The zero-order valence-electron chi connectivity index (χ0n) is 18.2. The van der Waals surface area contributed by atoms with E-state index in [-0.39, 0.29) is 29.4 Å². The van der Waals surface area contributed by atoms with Gasteiger partial charge in [0.15, 0.2) is 5.71 Å². The van der Waals surface area contributed by atoms with Crippen molar-refractivity contribution in [1.29, 1.82) is 0 Å². The van der Waals surface area contributed by atoms with Gasteiger partial charge in [0.1, 0.15) is 12.8 Å². The molecule has 4 nitrogen and oxygen atoms in total. The largest absolute Gasteiger partial charge is 1.00 e. The van der Waals surface area contributed by atoms with Crippen LogP contribution in [0.5, 0.6) is 5.75 Å². The summed E-state index contributed by atoms with van der Waals surface area (Å²) in [4.78, 5) is 7.00. The van der Waals surface area contributed by atoms with E-state index in [2.05, 4.69) is 96.1 Å². The average Bonchev–Trinajstić information content (AvgIpc) is 3.41. The van der Waals surface area contributed by atoms with Gasteiger partial charge in [0.2, 0.25) is 5.69 Å². The minimum atomic E-state index is -0.0539. The van der Waals surface area contributed by atoms with Crippen LogP contribution in [0.1, 0.15) is 25.1 Å². The molecule has 3 heterocycles. The molecular weight excluding hydrogens is 497 g/mol. The molecule has 0 saturated heterocycles. The quantitative estimate of drug-likeness (QED) is 0.314. The number of hydrogen-bond donors (Lipinski definition) is 2. The van der Waals surface area contributed by atoms with Crippen LogP contribution < -0.4 is 28.7 Å². The first-order valence-electron chi connectivity index (χ1n) is 10.2. The Bertz CT molecular complexity index is 1290. The topological polar surface area (TPSA) is 43.8 Å². The fraction of sp³-hybridized carbons (Fsp3) is 0.192. The second-order valence-electron chi connectivity index (χ2n) is 8.36. The van der Waals surface area contributed by atoms with Crippen molar-refractivity contribution in [1.82, 2.24) is 9.97 Å². The van der Waals surface area contributed by atoms with Gasteiger partial charge >= 0.3 is 0 Å². The molecule has 0 saturated carbocycles. The highest BCUT2D eigenvalue weighted by molar-refractivity contribution is 6.05. The molecule has 4 aromatic rings. The SMILES string of the molecule is COc1cc(-c2cc3ccccc3[nH]2)[nH]c1/C=C/C1=[N+](C)c2ccccc2C1(C)C.[I-]. The highest BCUT2D eigenvalue weighted by atomic mass is 127. The molecule has 31 heavy (non-hydrogen) atoms. The van der Waals surface area contributed by atoms with Gasteiger partial charge < -0.3 is 38.7 Å². The van der Waals surface area contributed by atoms with Crippen LogP contribution >= 0.6 is 0 Å². The highest BCUT2D eigenvalue weighted by Gasteiger charge is 2.42. The number of allylic oxidation sites excluding steroid dienone is 1. The first-order valence-corrected chi connectivity index (χ1v) is 10.2. The zero-order chi connectivity index (χ0) is 20.9. The number of ether oxygens (including phenoxy) is 1. The number of benzene rings is 2. The van der Waals surface area contributed by atoms with Crippen LogP contribution in [0.15, 0.2) is 66.7 Å². The minimum Gasteiger partial charge on any atom is -1.00 e. The van der Waals surface area contributed by atoms with Gasteiger partial charge in [-0.1, -0.05) is 36.4 Å². The number of nitrogens with one attached hydrogen (secondary N) is 2. The predicted octanol–water partition coefficient (Wildman–Crippen LogP) is 2.90. The lowest BCUT2D eigenvalue weighted by molar-refractivity contribution is -0.401. The van der Waals surface area contributed by atoms with Gasteiger partial charge in [0, 0.05) is 34.7 Å². The van der Waals surface area contributed by atoms with E-state index < -0.39 is 0 Å². The van der Waals surface area contributed by atoms with E-state index in [1.54, 1.807) is 7.11 Å². The van der Waals surface area contributed by atoms with Crippen LogP contribution in [0.2, 0.25) is 0 Å². The van der Waals surface area contributed by atoms with Crippen molar-refractivity contribution in [2.24, 2.45) is 0 Å². The van der Waals surface area contributed by atoms with Crippen molar-refractivity contribution in [2.75, 3.05) is 14.2 Å². The maximum atomic E-state index is 5.66. The summed E-state index contributed by atoms with van der Waals surface area (Å²) in [6.45, 7) is 4.55. The lowest BCUT2D eigenvalue weighted by atomic mass is 9.81. The number of methoxy groups -OCH3 is 1. The molecule has 0 amide bonds. The fourth-order valence-corrected chi connectivity index (χ4v) is 4.57. The van der Waals surface area contributed by atoms with Gasteiger partial charge in [-0.25, -0.2) is 0 Å². The molecule has 0 aliphatic carbocycles. The number of H-pyrrole nitrogens is 2. The molecule has 2 N–H and O–H groups in total. The Morgan fingerprint density at radius 3 is 2.35 bits per heavy atom. The van der Waals surface area contributed by atoms with Crippen LogP contribution in [-0.4, -0.2) is 34.4 Å². The van der Waals surface area contributed by atoms with Gasteiger partial charge in [0.25, 0.3) is 0 Å². The fourth-order valence-electron chi connectivity index (χ4n) is 4.57. The molecule has 0 unspecified atom stereocenters. The van der Waals surface area contributed by atoms with E-state index in [0.29, 0.717) is 0 Å². The van der Waals surface area contributed by atoms with Crippen LogP contribution in [0, 0.1) is 0 Å². The molecule has 0 radical (unpaired) electrons. The van der Waals surface area contributed by atoms with E-state index in [1.165, 1.54) is 22.3 Å². The molecule has 1 aliphatic heterocycles. The molecule has 158 valence electrons. The Morgan fingerprint density at radius 1 is 0.903 bits per heavy atom. The van der Waals surface area contributed by atoms with Crippen molar-refractivity contribution in [3.8, 4) is 17.1 Å². The summed E-state index contributed by atoms with van der Waals surface area (Å²) < 4.78 is 7.94. The maximum Gasteiger partial charge on any atom is 0.209 e. The average molecular weight is 523 g/mol. The third-order valence-corrected chi connectivity index (χ3v) is 6.20. The molecule has 5 rings (SSSR count). The molecule has 0 bridgehead atoms. The zero-order valence-corrected chi connectivity index (χ0v) is 20.3. The lowest BCUT2D eigenvalue weighted by Gasteiger charge is -2.15. The third-order valence-electron chi connectivity index (χ3n) is 6.20.